The molecule has 2 aliphatic heterocycles. The Labute approximate surface area is 133 Å². The number of amides is 1. The smallest absolute Gasteiger partial charge is 0.225 e. The lowest BCUT2D eigenvalue weighted by atomic mass is 9.94. The molecule has 0 bridgehead atoms. The fourth-order valence-electron chi connectivity index (χ4n) is 3.65. The molecule has 0 aromatic carbocycles. The predicted octanol–water partition coefficient (Wildman–Crippen LogP) is 2.76. The summed E-state index contributed by atoms with van der Waals surface area (Å²) in [5, 5.41) is 8.91. The lowest BCUT2D eigenvalue weighted by Gasteiger charge is -2.33. The average Bonchev–Trinajstić information content (AvgIpc) is 2.82. The minimum Gasteiger partial charge on any atom is -0.342 e. The summed E-state index contributed by atoms with van der Waals surface area (Å²) < 4.78 is 2.36. The highest BCUT2D eigenvalue weighted by molar-refractivity contribution is 5.78. The van der Waals surface area contributed by atoms with Crippen molar-refractivity contribution in [1.29, 1.82) is 0 Å². The summed E-state index contributed by atoms with van der Waals surface area (Å²) >= 11 is 0. The van der Waals surface area contributed by atoms with Crippen molar-refractivity contribution in [3.63, 3.8) is 0 Å². The molecule has 5 nitrogen and oxygen atoms in total. The highest BCUT2D eigenvalue weighted by Gasteiger charge is 2.29. The van der Waals surface area contributed by atoms with Crippen LogP contribution in [0.15, 0.2) is 0 Å². The normalized spacial score (nSPS) is 21.3. The summed E-state index contributed by atoms with van der Waals surface area (Å²) in [6.45, 7) is 6.93. The van der Waals surface area contributed by atoms with Crippen molar-refractivity contribution in [2.24, 2.45) is 5.92 Å². The van der Waals surface area contributed by atoms with Crippen LogP contribution >= 0.6 is 0 Å². The molecule has 22 heavy (non-hydrogen) atoms. The van der Waals surface area contributed by atoms with Crippen LogP contribution in [0.5, 0.6) is 0 Å². The van der Waals surface area contributed by atoms with Gasteiger partial charge in [-0.1, -0.05) is 20.3 Å². The zero-order chi connectivity index (χ0) is 15.5. The van der Waals surface area contributed by atoms with Gasteiger partial charge in [0.25, 0.3) is 0 Å². The lowest BCUT2D eigenvalue weighted by molar-refractivity contribution is -0.136. The number of nitrogens with zero attached hydrogens (tertiary/aromatic N) is 4. The molecule has 0 aliphatic carbocycles. The van der Waals surface area contributed by atoms with E-state index in [9.17, 15) is 4.79 Å². The first-order valence-corrected chi connectivity index (χ1v) is 8.91. The van der Waals surface area contributed by atoms with Gasteiger partial charge in [-0.05, 0) is 32.1 Å². The molecule has 3 rings (SSSR count). The Morgan fingerprint density at radius 2 is 1.95 bits per heavy atom. The molecule has 2 aliphatic rings. The van der Waals surface area contributed by atoms with Gasteiger partial charge in [-0.2, -0.15) is 0 Å². The van der Waals surface area contributed by atoms with Crippen molar-refractivity contribution in [3.8, 4) is 0 Å². The zero-order valence-electron chi connectivity index (χ0n) is 13.9. The van der Waals surface area contributed by atoms with E-state index < -0.39 is 0 Å². The van der Waals surface area contributed by atoms with Gasteiger partial charge in [-0.15, -0.1) is 10.2 Å². The van der Waals surface area contributed by atoms with Gasteiger partial charge < -0.3 is 9.47 Å². The largest absolute Gasteiger partial charge is 0.342 e. The van der Waals surface area contributed by atoms with Gasteiger partial charge in [0.1, 0.15) is 11.6 Å². The Hall–Kier alpha value is -1.39. The second-order valence-corrected chi connectivity index (χ2v) is 6.85. The van der Waals surface area contributed by atoms with Crippen molar-refractivity contribution < 1.29 is 4.79 Å². The van der Waals surface area contributed by atoms with Crippen LogP contribution in [0.25, 0.3) is 0 Å². The number of piperidine rings is 1. The molecular formula is C17H28N4O. The lowest BCUT2D eigenvalue weighted by Crippen LogP contribution is -2.41. The summed E-state index contributed by atoms with van der Waals surface area (Å²) in [4.78, 5) is 14.3. The first-order chi connectivity index (χ1) is 10.7. The van der Waals surface area contributed by atoms with Crippen molar-refractivity contribution in [2.45, 2.75) is 71.3 Å². The van der Waals surface area contributed by atoms with Crippen molar-refractivity contribution >= 4 is 5.91 Å². The van der Waals surface area contributed by atoms with Crippen molar-refractivity contribution in [2.75, 3.05) is 13.1 Å². The molecule has 1 aromatic heterocycles. The van der Waals surface area contributed by atoms with E-state index in [1.54, 1.807) is 0 Å². The number of carbonyl (C=O) groups is 1. The second kappa shape index (κ2) is 6.80. The third kappa shape index (κ3) is 3.03. The van der Waals surface area contributed by atoms with Crippen LogP contribution in [0.3, 0.4) is 0 Å². The minimum atomic E-state index is 0.154. The van der Waals surface area contributed by atoms with E-state index in [4.69, 9.17) is 0 Å². The quantitative estimate of drug-likeness (QED) is 0.863. The number of rotatable bonds is 3. The van der Waals surface area contributed by atoms with Crippen LogP contribution in [0, 0.1) is 5.92 Å². The monoisotopic (exact) mass is 304 g/mol. The summed E-state index contributed by atoms with van der Waals surface area (Å²) in [5.74, 6) is 3.29. The molecule has 0 N–H and O–H groups in total. The minimum absolute atomic E-state index is 0.154. The fraction of sp³-hybridized carbons (Fsp3) is 0.824. The van der Waals surface area contributed by atoms with Gasteiger partial charge in [0.2, 0.25) is 5.91 Å². The van der Waals surface area contributed by atoms with Crippen LogP contribution < -0.4 is 0 Å². The number of aromatic nitrogens is 3. The second-order valence-electron chi connectivity index (χ2n) is 6.85. The van der Waals surface area contributed by atoms with Gasteiger partial charge in [-0.3, -0.25) is 4.79 Å². The molecule has 1 fully saturated rings. The molecular weight excluding hydrogens is 276 g/mol. The van der Waals surface area contributed by atoms with Gasteiger partial charge in [0.15, 0.2) is 0 Å². The molecule has 5 heteroatoms. The fourth-order valence-corrected chi connectivity index (χ4v) is 3.65. The third-order valence-corrected chi connectivity index (χ3v) is 5.34. The zero-order valence-corrected chi connectivity index (χ0v) is 13.9. The molecule has 1 saturated heterocycles. The van der Waals surface area contributed by atoms with Gasteiger partial charge in [0, 0.05) is 37.9 Å². The number of fused-ring (bicyclic) bond motifs is 1. The Morgan fingerprint density at radius 1 is 1.18 bits per heavy atom. The molecule has 0 radical (unpaired) electrons. The average molecular weight is 304 g/mol. The number of carbonyl (C=O) groups excluding carboxylic acids is 1. The van der Waals surface area contributed by atoms with Gasteiger partial charge in [0.05, 0.1) is 0 Å². The van der Waals surface area contributed by atoms with Crippen molar-refractivity contribution in [1.82, 2.24) is 19.7 Å². The topological polar surface area (TPSA) is 51.0 Å². The molecule has 3 heterocycles. The predicted molar refractivity (Wildman–Crippen MR) is 85.6 cm³/mol. The van der Waals surface area contributed by atoms with Crippen LogP contribution in [0.2, 0.25) is 0 Å². The molecule has 0 spiro atoms. The van der Waals surface area contributed by atoms with E-state index in [1.807, 2.05) is 11.8 Å². The number of likely N-dealkylation sites (tertiary alicyclic amines) is 1. The number of aryl methyl sites for hydroxylation is 1. The maximum absolute atomic E-state index is 12.3. The number of hydrogen-bond acceptors (Lipinski definition) is 3. The van der Waals surface area contributed by atoms with E-state index in [2.05, 4.69) is 21.7 Å². The van der Waals surface area contributed by atoms with E-state index in [0.29, 0.717) is 11.8 Å². The number of hydrogen-bond donors (Lipinski definition) is 0. The van der Waals surface area contributed by atoms with E-state index in [0.717, 1.165) is 45.3 Å². The first-order valence-electron chi connectivity index (χ1n) is 8.91. The summed E-state index contributed by atoms with van der Waals surface area (Å²) in [5.41, 5.74) is 0. The van der Waals surface area contributed by atoms with Crippen LogP contribution in [-0.4, -0.2) is 38.7 Å². The Balaban J connectivity index is 1.65. The molecule has 1 aromatic rings. The maximum Gasteiger partial charge on any atom is 0.225 e. The van der Waals surface area contributed by atoms with Crippen LogP contribution in [-0.2, 0) is 17.8 Å². The summed E-state index contributed by atoms with van der Waals surface area (Å²) in [7, 11) is 0. The Morgan fingerprint density at radius 3 is 2.68 bits per heavy atom. The SMILES string of the molecule is CC[C@@H](C)C(=O)N1CCC(c2nnc3n2CCCCC3)CC1. The van der Waals surface area contributed by atoms with Crippen LogP contribution in [0.1, 0.15) is 69.9 Å². The van der Waals surface area contributed by atoms with Crippen LogP contribution in [0.4, 0.5) is 0 Å². The highest BCUT2D eigenvalue weighted by Crippen LogP contribution is 2.29. The molecule has 122 valence electrons. The maximum atomic E-state index is 12.3. The third-order valence-electron chi connectivity index (χ3n) is 5.34. The Bertz CT molecular complexity index is 517. The van der Waals surface area contributed by atoms with E-state index in [1.165, 1.54) is 30.9 Å². The van der Waals surface area contributed by atoms with Gasteiger partial charge >= 0.3 is 0 Å². The van der Waals surface area contributed by atoms with Gasteiger partial charge in [-0.25, -0.2) is 0 Å². The molecule has 0 saturated carbocycles. The van der Waals surface area contributed by atoms with E-state index in [-0.39, 0.29) is 5.92 Å². The molecule has 1 amide bonds. The Kier molecular flexibility index (Phi) is 4.79. The first kappa shape index (κ1) is 15.5. The molecule has 0 unspecified atom stereocenters. The standard InChI is InChI=1S/C17H28N4O/c1-3-13(2)17(22)20-11-8-14(9-12-20)16-19-18-15-7-5-4-6-10-21(15)16/h13-14H,3-12H2,1-2H3/t13-/m1/s1. The summed E-state index contributed by atoms with van der Waals surface area (Å²) in [6, 6.07) is 0. The van der Waals surface area contributed by atoms with Crippen molar-refractivity contribution in [3.05, 3.63) is 11.6 Å². The van der Waals surface area contributed by atoms with E-state index >= 15 is 0 Å². The molecule has 1 atom stereocenters. The highest BCUT2D eigenvalue weighted by atomic mass is 16.2. The summed E-state index contributed by atoms with van der Waals surface area (Å²) in [6.07, 6.45) is 7.82.